The predicted octanol–water partition coefficient (Wildman–Crippen LogP) is 2.01. The maximum absolute atomic E-state index is 11.8. The maximum Gasteiger partial charge on any atom is 0.260 e. The monoisotopic (exact) mass is 280 g/mol. The van der Waals surface area contributed by atoms with Crippen molar-refractivity contribution in [3.05, 3.63) is 23.8 Å². The van der Waals surface area contributed by atoms with Gasteiger partial charge in [0.1, 0.15) is 11.5 Å². The first kappa shape index (κ1) is 16.3. The lowest BCUT2D eigenvalue weighted by molar-refractivity contribution is -0.127. The highest BCUT2D eigenvalue weighted by atomic mass is 16.5. The molecule has 0 aliphatic heterocycles. The van der Waals surface area contributed by atoms with E-state index in [2.05, 4.69) is 5.32 Å². The third-order valence-electron chi connectivity index (χ3n) is 2.93. The van der Waals surface area contributed by atoms with E-state index in [0.29, 0.717) is 18.0 Å². The average Bonchev–Trinajstić information content (AvgIpc) is 2.44. The Balaban J connectivity index is 2.86. The van der Waals surface area contributed by atoms with Crippen LogP contribution in [0.4, 0.5) is 0 Å². The fourth-order valence-corrected chi connectivity index (χ4v) is 1.76. The van der Waals surface area contributed by atoms with Gasteiger partial charge in [-0.25, -0.2) is 0 Å². The molecule has 5 nitrogen and oxygen atoms in total. The summed E-state index contributed by atoms with van der Waals surface area (Å²) in [5.74, 6) is 1.12. The maximum atomic E-state index is 11.8. The summed E-state index contributed by atoms with van der Waals surface area (Å²) in [5.41, 5.74) is 6.76. The van der Waals surface area contributed by atoms with E-state index in [1.54, 1.807) is 20.1 Å². The summed E-state index contributed by atoms with van der Waals surface area (Å²) in [6.45, 7) is 6.23. The summed E-state index contributed by atoms with van der Waals surface area (Å²) >= 11 is 0. The molecule has 0 saturated carbocycles. The van der Waals surface area contributed by atoms with Crippen molar-refractivity contribution in [2.24, 2.45) is 5.73 Å². The van der Waals surface area contributed by atoms with Gasteiger partial charge in [0.25, 0.3) is 5.91 Å². The number of amides is 1. The van der Waals surface area contributed by atoms with Crippen LogP contribution in [0.15, 0.2) is 18.2 Å². The van der Waals surface area contributed by atoms with Gasteiger partial charge in [-0.2, -0.15) is 0 Å². The molecule has 3 N–H and O–H groups in total. The molecule has 0 spiro atoms. The molecular weight excluding hydrogens is 256 g/mol. The third-order valence-corrected chi connectivity index (χ3v) is 2.93. The van der Waals surface area contributed by atoms with Crippen LogP contribution in [-0.4, -0.2) is 25.7 Å². The van der Waals surface area contributed by atoms with E-state index >= 15 is 0 Å². The van der Waals surface area contributed by atoms with Gasteiger partial charge >= 0.3 is 0 Å². The molecule has 1 rings (SSSR count). The van der Waals surface area contributed by atoms with E-state index < -0.39 is 6.10 Å². The second kappa shape index (κ2) is 7.75. The Bertz CT molecular complexity index is 447. The lowest BCUT2D eigenvalue weighted by atomic mass is 10.1. The van der Waals surface area contributed by atoms with Crippen LogP contribution in [0.3, 0.4) is 0 Å². The molecule has 0 bridgehead atoms. The molecule has 0 radical (unpaired) electrons. The van der Waals surface area contributed by atoms with Crippen LogP contribution in [0.2, 0.25) is 0 Å². The Morgan fingerprint density at radius 3 is 2.65 bits per heavy atom. The molecule has 20 heavy (non-hydrogen) atoms. The van der Waals surface area contributed by atoms with E-state index in [1.165, 1.54) is 0 Å². The van der Waals surface area contributed by atoms with Gasteiger partial charge in [0, 0.05) is 24.2 Å². The van der Waals surface area contributed by atoms with E-state index in [0.717, 1.165) is 12.0 Å². The van der Waals surface area contributed by atoms with Gasteiger partial charge in [-0.15, -0.1) is 0 Å². The molecule has 112 valence electrons. The Labute approximate surface area is 120 Å². The van der Waals surface area contributed by atoms with Crippen molar-refractivity contribution in [1.29, 1.82) is 0 Å². The first-order valence-corrected chi connectivity index (χ1v) is 6.87. The Morgan fingerprint density at radius 2 is 2.10 bits per heavy atom. The first-order valence-electron chi connectivity index (χ1n) is 6.87. The summed E-state index contributed by atoms with van der Waals surface area (Å²) in [6.07, 6.45) is 0.314. The molecule has 5 heteroatoms. The number of nitrogens with two attached hydrogens (primary N) is 1. The largest absolute Gasteiger partial charge is 0.497 e. The van der Waals surface area contributed by atoms with Crippen molar-refractivity contribution in [3.8, 4) is 11.5 Å². The molecular formula is C15H24N2O3. The summed E-state index contributed by atoms with van der Waals surface area (Å²) in [5, 5.41) is 2.80. The van der Waals surface area contributed by atoms with Crippen molar-refractivity contribution in [2.45, 2.75) is 39.3 Å². The number of hydrogen-bond donors (Lipinski definition) is 2. The van der Waals surface area contributed by atoms with Gasteiger partial charge in [-0.1, -0.05) is 13.0 Å². The Morgan fingerprint density at radius 1 is 1.40 bits per heavy atom. The van der Waals surface area contributed by atoms with E-state index in [1.807, 2.05) is 26.0 Å². The second-order valence-electron chi connectivity index (χ2n) is 4.74. The molecule has 0 aliphatic rings. The van der Waals surface area contributed by atoms with E-state index in [-0.39, 0.29) is 11.9 Å². The molecule has 0 fully saturated rings. The van der Waals surface area contributed by atoms with Gasteiger partial charge in [0.15, 0.2) is 6.10 Å². The number of ether oxygens (including phenoxy) is 2. The van der Waals surface area contributed by atoms with Crippen LogP contribution in [-0.2, 0) is 4.79 Å². The number of hydrogen-bond acceptors (Lipinski definition) is 4. The highest BCUT2D eigenvalue weighted by Crippen LogP contribution is 2.29. The zero-order chi connectivity index (χ0) is 15.1. The number of carbonyl (C=O) groups excluding carboxylic acids is 1. The summed E-state index contributed by atoms with van der Waals surface area (Å²) in [4.78, 5) is 11.8. The summed E-state index contributed by atoms with van der Waals surface area (Å²) < 4.78 is 10.9. The lowest BCUT2D eigenvalue weighted by Crippen LogP contribution is -2.36. The van der Waals surface area contributed by atoms with E-state index in [9.17, 15) is 4.79 Å². The smallest absolute Gasteiger partial charge is 0.260 e. The van der Waals surface area contributed by atoms with Gasteiger partial charge in [-0.05, 0) is 26.3 Å². The van der Waals surface area contributed by atoms with Crippen molar-refractivity contribution >= 4 is 5.91 Å². The fourth-order valence-electron chi connectivity index (χ4n) is 1.76. The van der Waals surface area contributed by atoms with Crippen LogP contribution < -0.4 is 20.5 Å². The van der Waals surface area contributed by atoms with Gasteiger partial charge in [0.05, 0.1) is 7.11 Å². The van der Waals surface area contributed by atoms with Crippen LogP contribution in [0.5, 0.6) is 11.5 Å². The quantitative estimate of drug-likeness (QED) is 0.801. The molecule has 1 amide bonds. The highest BCUT2D eigenvalue weighted by Gasteiger charge is 2.17. The lowest BCUT2D eigenvalue weighted by Gasteiger charge is -2.19. The third kappa shape index (κ3) is 4.42. The first-order chi connectivity index (χ1) is 9.49. The fraction of sp³-hybridized carbons (Fsp3) is 0.533. The Kier molecular flexibility index (Phi) is 6.31. The van der Waals surface area contributed by atoms with Gasteiger partial charge in [-0.3, -0.25) is 4.79 Å². The zero-order valence-corrected chi connectivity index (χ0v) is 12.6. The number of methoxy groups -OCH3 is 1. The molecule has 2 atom stereocenters. The van der Waals surface area contributed by atoms with Gasteiger partial charge < -0.3 is 20.5 Å². The number of carbonyl (C=O) groups is 1. The standard InChI is InChI=1S/C15H24N2O3/c1-5-8-17-15(18)11(3)20-14-9-12(19-4)6-7-13(14)10(2)16/h6-7,9-11H,5,8,16H2,1-4H3,(H,17,18). The van der Waals surface area contributed by atoms with Crippen molar-refractivity contribution in [2.75, 3.05) is 13.7 Å². The van der Waals surface area contributed by atoms with Crippen molar-refractivity contribution < 1.29 is 14.3 Å². The Hall–Kier alpha value is -1.75. The zero-order valence-electron chi connectivity index (χ0n) is 12.6. The predicted molar refractivity (Wildman–Crippen MR) is 79.0 cm³/mol. The topological polar surface area (TPSA) is 73.6 Å². The molecule has 2 unspecified atom stereocenters. The van der Waals surface area contributed by atoms with Crippen molar-refractivity contribution in [3.63, 3.8) is 0 Å². The summed E-state index contributed by atoms with van der Waals surface area (Å²) in [6, 6.07) is 5.26. The van der Waals surface area contributed by atoms with Gasteiger partial charge in [0.2, 0.25) is 0 Å². The molecule has 1 aromatic rings. The molecule has 0 saturated heterocycles. The van der Waals surface area contributed by atoms with Crippen LogP contribution in [0.1, 0.15) is 38.8 Å². The number of rotatable bonds is 7. The SMILES string of the molecule is CCCNC(=O)C(C)Oc1cc(OC)ccc1C(C)N. The van der Waals surface area contributed by atoms with E-state index in [4.69, 9.17) is 15.2 Å². The normalized spacial score (nSPS) is 13.4. The molecule has 0 aliphatic carbocycles. The molecule has 0 aromatic heterocycles. The summed E-state index contributed by atoms with van der Waals surface area (Å²) in [7, 11) is 1.59. The minimum Gasteiger partial charge on any atom is -0.497 e. The molecule has 0 heterocycles. The highest BCUT2D eigenvalue weighted by molar-refractivity contribution is 5.80. The number of benzene rings is 1. The minimum atomic E-state index is -0.578. The van der Waals surface area contributed by atoms with Crippen LogP contribution in [0, 0.1) is 0 Å². The number of nitrogens with one attached hydrogen (secondary N) is 1. The molecule has 1 aromatic carbocycles. The average molecular weight is 280 g/mol. The minimum absolute atomic E-state index is 0.134. The van der Waals surface area contributed by atoms with Crippen molar-refractivity contribution in [1.82, 2.24) is 5.32 Å². The van der Waals surface area contributed by atoms with Crippen LogP contribution in [0.25, 0.3) is 0 Å². The van der Waals surface area contributed by atoms with Crippen LogP contribution >= 0.6 is 0 Å². The second-order valence-corrected chi connectivity index (χ2v) is 4.74.